The number of amides is 2. The minimum atomic E-state index is -5.38. The van der Waals surface area contributed by atoms with E-state index in [4.69, 9.17) is 0 Å². The number of Topliss-reactive ketones (excluding diaryl/α,β-unsaturated/α-hetero) is 1. The maximum absolute atomic E-state index is 13.2. The molecule has 1 aliphatic heterocycles. The Labute approximate surface area is 137 Å². The quantitative estimate of drug-likeness (QED) is 0.700. The Kier molecular flexibility index (Phi) is 4.49. The molecule has 0 aromatic heterocycles. The van der Waals surface area contributed by atoms with Crippen LogP contribution in [0.5, 0.6) is 0 Å². The van der Waals surface area contributed by atoms with Crippen molar-refractivity contribution < 1.29 is 41.0 Å². The summed E-state index contributed by atoms with van der Waals surface area (Å²) in [6.07, 6.45) is -10.0. The first-order valence-electron chi connectivity index (χ1n) is 6.83. The van der Waals surface area contributed by atoms with Gasteiger partial charge in [-0.2, -0.15) is 26.3 Å². The first kappa shape index (κ1) is 19.0. The van der Waals surface area contributed by atoms with Gasteiger partial charge in [-0.15, -0.1) is 0 Å². The van der Waals surface area contributed by atoms with Crippen LogP contribution in [0.1, 0.15) is 24.1 Å². The first-order valence-corrected chi connectivity index (χ1v) is 6.83. The minimum Gasteiger partial charge on any atom is -0.363 e. The zero-order valence-electron chi connectivity index (χ0n) is 12.5. The number of rotatable bonds is 2. The van der Waals surface area contributed by atoms with Gasteiger partial charge in [0.1, 0.15) is 5.78 Å². The van der Waals surface area contributed by atoms with Crippen LogP contribution >= 0.6 is 0 Å². The molecular formula is C14H12F6N2O3. The molecule has 0 bridgehead atoms. The molecule has 5 nitrogen and oxygen atoms in total. The summed E-state index contributed by atoms with van der Waals surface area (Å²) < 4.78 is 77.4. The van der Waals surface area contributed by atoms with Gasteiger partial charge >= 0.3 is 18.4 Å². The Morgan fingerprint density at radius 1 is 1.12 bits per heavy atom. The fourth-order valence-electron chi connectivity index (χ4n) is 2.68. The molecule has 138 valence electrons. The molecule has 2 rings (SSSR count). The SMILES string of the molecule is CC(=O)[C@H]1[C@H](c2ccc(C(F)(F)F)cc2)NC(=O)N[C@]1(O)C(F)(F)F. The molecule has 1 aromatic carbocycles. The molecule has 25 heavy (non-hydrogen) atoms. The van der Waals surface area contributed by atoms with E-state index in [1.165, 1.54) is 5.32 Å². The lowest BCUT2D eigenvalue weighted by Crippen LogP contribution is -2.72. The lowest BCUT2D eigenvalue weighted by molar-refractivity contribution is -0.290. The third kappa shape index (κ3) is 3.41. The molecule has 0 saturated carbocycles. The van der Waals surface area contributed by atoms with Crippen molar-refractivity contribution in [2.75, 3.05) is 0 Å². The number of carbonyl (C=O) groups excluding carboxylic acids is 2. The maximum atomic E-state index is 13.2. The summed E-state index contributed by atoms with van der Waals surface area (Å²) >= 11 is 0. The van der Waals surface area contributed by atoms with Gasteiger partial charge in [0.05, 0.1) is 17.5 Å². The van der Waals surface area contributed by atoms with Crippen LogP contribution in [0.2, 0.25) is 0 Å². The van der Waals surface area contributed by atoms with Crippen molar-refractivity contribution >= 4 is 11.8 Å². The van der Waals surface area contributed by atoms with Crippen LogP contribution in [0.3, 0.4) is 0 Å². The summed E-state index contributed by atoms with van der Waals surface area (Å²) in [5, 5.41) is 13.2. The van der Waals surface area contributed by atoms with Crippen molar-refractivity contribution in [3.8, 4) is 0 Å². The van der Waals surface area contributed by atoms with E-state index < -0.39 is 47.4 Å². The molecule has 3 atom stereocenters. The summed E-state index contributed by atoms with van der Waals surface area (Å²) in [5.74, 6) is -3.31. The summed E-state index contributed by atoms with van der Waals surface area (Å²) in [7, 11) is 0. The predicted molar refractivity (Wildman–Crippen MR) is 71.0 cm³/mol. The summed E-state index contributed by atoms with van der Waals surface area (Å²) in [6.45, 7) is 0.775. The van der Waals surface area contributed by atoms with E-state index in [2.05, 4.69) is 0 Å². The van der Waals surface area contributed by atoms with Gasteiger partial charge in [0, 0.05) is 0 Å². The predicted octanol–water partition coefficient (Wildman–Crippen LogP) is 2.52. The van der Waals surface area contributed by atoms with Crippen LogP contribution in [0.4, 0.5) is 31.1 Å². The molecular weight excluding hydrogens is 358 g/mol. The molecule has 1 aliphatic rings. The number of aliphatic hydroxyl groups is 1. The molecule has 3 N–H and O–H groups in total. The lowest BCUT2D eigenvalue weighted by Gasteiger charge is -2.44. The van der Waals surface area contributed by atoms with E-state index >= 15 is 0 Å². The summed E-state index contributed by atoms with van der Waals surface area (Å²) in [5.41, 5.74) is -5.10. The van der Waals surface area contributed by atoms with Crippen LogP contribution in [-0.2, 0) is 11.0 Å². The third-order valence-corrected chi connectivity index (χ3v) is 3.84. The topological polar surface area (TPSA) is 78.4 Å². The number of nitrogens with one attached hydrogen (secondary N) is 2. The minimum absolute atomic E-state index is 0.189. The van der Waals surface area contributed by atoms with E-state index in [1.54, 1.807) is 0 Å². The van der Waals surface area contributed by atoms with Gasteiger partial charge in [-0.3, -0.25) is 4.79 Å². The van der Waals surface area contributed by atoms with Crippen LogP contribution in [0.15, 0.2) is 24.3 Å². The van der Waals surface area contributed by atoms with E-state index in [0.717, 1.165) is 19.1 Å². The Bertz CT molecular complexity index is 685. The van der Waals surface area contributed by atoms with Gasteiger partial charge in [-0.05, 0) is 24.6 Å². The van der Waals surface area contributed by atoms with Gasteiger partial charge in [-0.25, -0.2) is 4.79 Å². The fraction of sp³-hybridized carbons (Fsp3) is 0.429. The monoisotopic (exact) mass is 370 g/mol. The maximum Gasteiger partial charge on any atom is 0.437 e. The molecule has 1 fully saturated rings. The Balaban J connectivity index is 2.51. The number of hydrogen-bond acceptors (Lipinski definition) is 3. The summed E-state index contributed by atoms with van der Waals surface area (Å²) in [6, 6.07) is -0.194. The molecule has 2 amide bonds. The third-order valence-electron chi connectivity index (χ3n) is 3.84. The number of hydrogen-bond donors (Lipinski definition) is 3. The van der Waals surface area contributed by atoms with Gasteiger partial charge in [-0.1, -0.05) is 12.1 Å². The Morgan fingerprint density at radius 3 is 2.04 bits per heavy atom. The van der Waals surface area contributed by atoms with Crippen molar-refractivity contribution in [2.45, 2.75) is 31.0 Å². The highest BCUT2D eigenvalue weighted by Crippen LogP contribution is 2.43. The lowest BCUT2D eigenvalue weighted by atomic mass is 9.79. The molecule has 11 heteroatoms. The normalized spacial score (nSPS) is 27.4. The highest BCUT2D eigenvalue weighted by Gasteiger charge is 2.65. The van der Waals surface area contributed by atoms with Gasteiger partial charge in [0.25, 0.3) is 0 Å². The van der Waals surface area contributed by atoms with E-state index in [1.807, 2.05) is 5.32 Å². The standard InChI is InChI=1S/C14H12F6N2O3/c1-6(23)9-10(7-2-4-8(5-3-7)13(15,16)17)21-11(24)22-12(9,25)14(18,19)20/h2-5,9-10,25H,1H3,(H2,21,22,24)/t9-,10-,12+/m0/s1. The molecule has 1 aromatic rings. The molecule has 1 saturated heterocycles. The second-order valence-corrected chi connectivity index (χ2v) is 5.55. The highest BCUT2D eigenvalue weighted by atomic mass is 19.4. The summed E-state index contributed by atoms with van der Waals surface area (Å²) in [4.78, 5) is 23.3. The highest BCUT2D eigenvalue weighted by molar-refractivity contribution is 5.86. The molecule has 0 spiro atoms. The van der Waals surface area contributed by atoms with E-state index in [9.17, 15) is 41.0 Å². The zero-order valence-corrected chi connectivity index (χ0v) is 12.5. The molecule has 0 unspecified atom stereocenters. The van der Waals surface area contributed by atoms with Crippen molar-refractivity contribution in [1.82, 2.24) is 10.6 Å². The van der Waals surface area contributed by atoms with Crippen LogP contribution in [-0.4, -0.2) is 28.8 Å². The largest absolute Gasteiger partial charge is 0.437 e. The van der Waals surface area contributed by atoms with Crippen molar-refractivity contribution in [3.05, 3.63) is 35.4 Å². The van der Waals surface area contributed by atoms with E-state index in [-0.39, 0.29) is 5.56 Å². The van der Waals surface area contributed by atoms with Crippen LogP contribution in [0.25, 0.3) is 0 Å². The number of halogens is 6. The molecule has 0 radical (unpaired) electrons. The number of benzene rings is 1. The van der Waals surface area contributed by atoms with Gasteiger partial charge < -0.3 is 15.7 Å². The van der Waals surface area contributed by atoms with Crippen LogP contribution < -0.4 is 10.6 Å². The number of alkyl halides is 6. The van der Waals surface area contributed by atoms with Crippen molar-refractivity contribution in [2.24, 2.45) is 5.92 Å². The zero-order chi connectivity index (χ0) is 19.2. The molecule has 0 aliphatic carbocycles. The Morgan fingerprint density at radius 2 is 1.64 bits per heavy atom. The Hall–Kier alpha value is -2.30. The smallest absolute Gasteiger partial charge is 0.363 e. The second kappa shape index (κ2) is 5.90. The average molecular weight is 370 g/mol. The van der Waals surface area contributed by atoms with Gasteiger partial charge in [0.2, 0.25) is 5.72 Å². The van der Waals surface area contributed by atoms with Crippen LogP contribution in [0, 0.1) is 5.92 Å². The van der Waals surface area contributed by atoms with Gasteiger partial charge in [0.15, 0.2) is 0 Å². The first-order chi connectivity index (χ1) is 11.3. The second-order valence-electron chi connectivity index (χ2n) is 5.55. The van der Waals surface area contributed by atoms with Crippen molar-refractivity contribution in [1.29, 1.82) is 0 Å². The average Bonchev–Trinajstić information content (AvgIpc) is 2.44. The van der Waals surface area contributed by atoms with E-state index in [0.29, 0.717) is 12.1 Å². The number of urea groups is 1. The fourth-order valence-corrected chi connectivity index (χ4v) is 2.68. The van der Waals surface area contributed by atoms with Crippen molar-refractivity contribution in [3.63, 3.8) is 0 Å². The number of carbonyl (C=O) groups is 2. The molecule has 1 heterocycles. The number of ketones is 1.